The van der Waals surface area contributed by atoms with E-state index < -0.39 is 0 Å². The molecule has 0 unspecified atom stereocenters. The van der Waals surface area contributed by atoms with Crippen molar-refractivity contribution >= 4 is 28.8 Å². The molecular weight excluding hydrogens is 354 g/mol. The number of hydrogen-bond acceptors (Lipinski definition) is 3. The second-order valence-electron chi connectivity index (χ2n) is 6.14. The molecule has 0 aliphatic rings. The minimum atomic E-state index is -0.00539. The molecule has 25 heavy (non-hydrogen) atoms. The van der Waals surface area contributed by atoms with Crippen molar-refractivity contribution in [1.29, 1.82) is 0 Å². The van der Waals surface area contributed by atoms with Gasteiger partial charge in [0, 0.05) is 15.9 Å². The maximum Gasteiger partial charge on any atom is 0.257 e. The summed E-state index contributed by atoms with van der Waals surface area (Å²) in [4.78, 5) is 16.1. The molecule has 0 spiro atoms. The van der Waals surface area contributed by atoms with Gasteiger partial charge in [0.1, 0.15) is 0 Å². The molecule has 3 aromatic rings. The first kappa shape index (κ1) is 17.7. The lowest BCUT2D eigenvalue weighted by molar-refractivity contribution is 0.0691. The predicted molar refractivity (Wildman–Crippen MR) is 103 cm³/mol. The molecule has 0 atom stereocenters. The van der Waals surface area contributed by atoms with E-state index in [-0.39, 0.29) is 11.9 Å². The Hall–Kier alpha value is -2.11. The Labute approximate surface area is 156 Å². The minimum Gasteiger partial charge on any atom is -0.331 e. The molecule has 1 aromatic carbocycles. The second kappa shape index (κ2) is 7.42. The fourth-order valence-electron chi connectivity index (χ4n) is 2.70. The van der Waals surface area contributed by atoms with E-state index in [1.54, 1.807) is 22.2 Å². The lowest BCUT2D eigenvalue weighted by Crippen LogP contribution is -2.36. The summed E-state index contributed by atoms with van der Waals surface area (Å²) in [5.41, 5.74) is 2.27. The molecule has 4 nitrogen and oxygen atoms in total. The van der Waals surface area contributed by atoms with Gasteiger partial charge >= 0.3 is 0 Å². The average molecular weight is 374 g/mol. The average Bonchev–Trinajstić information content (AvgIpc) is 3.21. The normalized spacial score (nSPS) is 11.1. The van der Waals surface area contributed by atoms with Crippen molar-refractivity contribution in [2.45, 2.75) is 33.4 Å². The highest BCUT2D eigenvalue weighted by molar-refractivity contribution is 7.09. The Morgan fingerprint density at radius 2 is 2.12 bits per heavy atom. The van der Waals surface area contributed by atoms with Crippen molar-refractivity contribution in [3.8, 4) is 5.69 Å². The third-order valence-electron chi connectivity index (χ3n) is 4.08. The van der Waals surface area contributed by atoms with Crippen LogP contribution in [0.15, 0.2) is 48.0 Å². The first-order chi connectivity index (χ1) is 12.0. The van der Waals surface area contributed by atoms with E-state index in [1.165, 1.54) is 4.88 Å². The molecule has 130 valence electrons. The van der Waals surface area contributed by atoms with Crippen LogP contribution in [0.4, 0.5) is 0 Å². The summed E-state index contributed by atoms with van der Waals surface area (Å²) in [7, 11) is 0. The molecule has 3 rings (SSSR count). The van der Waals surface area contributed by atoms with Crippen LogP contribution in [0.1, 0.15) is 34.8 Å². The lowest BCUT2D eigenvalue weighted by Gasteiger charge is -2.26. The number of hydrogen-bond donors (Lipinski definition) is 0. The van der Waals surface area contributed by atoms with Crippen molar-refractivity contribution in [2.75, 3.05) is 0 Å². The maximum atomic E-state index is 13.1. The molecule has 0 aliphatic carbocycles. The van der Waals surface area contributed by atoms with Crippen LogP contribution in [-0.4, -0.2) is 26.6 Å². The number of carbonyl (C=O) groups excluding carboxylic acids is 1. The Bertz CT molecular complexity index is 871. The molecule has 0 fully saturated rings. The fourth-order valence-corrected chi connectivity index (χ4v) is 3.59. The molecule has 0 aliphatic heterocycles. The summed E-state index contributed by atoms with van der Waals surface area (Å²) in [6.07, 6.45) is 1.64. The standard InChI is InChI=1S/C19H20ClN3OS/c1-13(2)22(12-17-8-5-9-25-17)19(24)18-11-21-23(14(18)3)16-7-4-6-15(20)10-16/h4-11,13H,12H2,1-3H3. The van der Waals surface area contributed by atoms with Crippen molar-refractivity contribution in [3.63, 3.8) is 0 Å². The highest BCUT2D eigenvalue weighted by Crippen LogP contribution is 2.21. The molecule has 0 bridgehead atoms. The van der Waals surface area contributed by atoms with Crippen LogP contribution in [0.25, 0.3) is 5.69 Å². The number of benzene rings is 1. The first-order valence-corrected chi connectivity index (χ1v) is 9.37. The van der Waals surface area contributed by atoms with Crippen LogP contribution < -0.4 is 0 Å². The van der Waals surface area contributed by atoms with E-state index in [2.05, 4.69) is 11.2 Å². The van der Waals surface area contributed by atoms with Gasteiger partial charge in [-0.15, -0.1) is 11.3 Å². The first-order valence-electron chi connectivity index (χ1n) is 8.11. The van der Waals surface area contributed by atoms with Crippen LogP contribution in [0, 0.1) is 6.92 Å². The van der Waals surface area contributed by atoms with Gasteiger partial charge in [0.05, 0.1) is 29.7 Å². The number of amides is 1. The van der Waals surface area contributed by atoms with E-state index in [9.17, 15) is 4.79 Å². The van der Waals surface area contributed by atoms with Gasteiger partial charge < -0.3 is 4.90 Å². The molecule has 2 aromatic heterocycles. The molecule has 0 saturated heterocycles. The highest BCUT2D eigenvalue weighted by Gasteiger charge is 2.23. The van der Waals surface area contributed by atoms with E-state index in [0.29, 0.717) is 17.1 Å². The summed E-state index contributed by atoms with van der Waals surface area (Å²) in [6, 6.07) is 11.6. The number of thiophene rings is 1. The van der Waals surface area contributed by atoms with E-state index in [4.69, 9.17) is 11.6 Å². The van der Waals surface area contributed by atoms with Gasteiger partial charge in [-0.1, -0.05) is 23.7 Å². The molecule has 6 heteroatoms. The Balaban J connectivity index is 1.91. The highest BCUT2D eigenvalue weighted by atomic mass is 35.5. The minimum absolute atomic E-state index is 0.00539. The summed E-state index contributed by atoms with van der Waals surface area (Å²) >= 11 is 7.73. The number of nitrogens with zero attached hydrogens (tertiary/aromatic N) is 3. The van der Waals surface area contributed by atoms with Gasteiger partial charge in [-0.05, 0) is 50.4 Å². The van der Waals surface area contributed by atoms with Gasteiger partial charge in [0.25, 0.3) is 5.91 Å². The Morgan fingerprint density at radius 1 is 1.32 bits per heavy atom. The van der Waals surface area contributed by atoms with E-state index >= 15 is 0 Å². The molecule has 0 saturated carbocycles. The predicted octanol–water partition coefficient (Wildman–Crippen LogP) is 4.95. The zero-order valence-corrected chi connectivity index (χ0v) is 16.0. The lowest BCUT2D eigenvalue weighted by atomic mass is 10.2. The quantitative estimate of drug-likeness (QED) is 0.634. The van der Waals surface area contributed by atoms with Gasteiger partial charge in [0.15, 0.2) is 0 Å². The third kappa shape index (κ3) is 3.78. The van der Waals surface area contributed by atoms with Crippen LogP contribution in [0.2, 0.25) is 5.02 Å². The van der Waals surface area contributed by atoms with Crippen molar-refractivity contribution in [2.24, 2.45) is 0 Å². The number of halogens is 1. The van der Waals surface area contributed by atoms with E-state index in [1.807, 2.05) is 61.4 Å². The summed E-state index contributed by atoms with van der Waals surface area (Å²) < 4.78 is 1.75. The smallest absolute Gasteiger partial charge is 0.257 e. The third-order valence-corrected chi connectivity index (χ3v) is 5.18. The van der Waals surface area contributed by atoms with Gasteiger partial charge in [-0.25, -0.2) is 4.68 Å². The Morgan fingerprint density at radius 3 is 2.76 bits per heavy atom. The molecule has 0 radical (unpaired) electrons. The largest absolute Gasteiger partial charge is 0.331 e. The van der Waals surface area contributed by atoms with Gasteiger partial charge in [-0.2, -0.15) is 5.10 Å². The molecule has 2 heterocycles. The van der Waals surface area contributed by atoms with Gasteiger partial charge in [-0.3, -0.25) is 4.79 Å². The number of carbonyl (C=O) groups is 1. The topological polar surface area (TPSA) is 38.1 Å². The van der Waals surface area contributed by atoms with Crippen molar-refractivity contribution < 1.29 is 4.79 Å². The van der Waals surface area contributed by atoms with Gasteiger partial charge in [0.2, 0.25) is 0 Å². The summed E-state index contributed by atoms with van der Waals surface area (Å²) in [6.45, 7) is 6.57. The number of rotatable bonds is 5. The fraction of sp³-hybridized carbons (Fsp3) is 0.263. The summed E-state index contributed by atoms with van der Waals surface area (Å²) in [5.74, 6) is -0.00539. The number of aromatic nitrogens is 2. The van der Waals surface area contributed by atoms with Crippen LogP contribution in [0.5, 0.6) is 0 Å². The summed E-state index contributed by atoms with van der Waals surface area (Å²) in [5, 5.41) is 7.07. The van der Waals surface area contributed by atoms with Crippen molar-refractivity contribution in [1.82, 2.24) is 14.7 Å². The Kier molecular flexibility index (Phi) is 5.25. The van der Waals surface area contributed by atoms with Crippen LogP contribution in [0.3, 0.4) is 0 Å². The monoisotopic (exact) mass is 373 g/mol. The maximum absolute atomic E-state index is 13.1. The zero-order chi connectivity index (χ0) is 18.0. The van der Waals surface area contributed by atoms with Crippen molar-refractivity contribution in [3.05, 3.63) is 69.1 Å². The molecular formula is C19H20ClN3OS. The second-order valence-corrected chi connectivity index (χ2v) is 7.61. The van der Waals surface area contributed by atoms with Crippen LogP contribution in [-0.2, 0) is 6.54 Å². The SMILES string of the molecule is Cc1c(C(=O)N(Cc2cccs2)C(C)C)cnn1-c1cccc(Cl)c1. The van der Waals surface area contributed by atoms with E-state index in [0.717, 1.165) is 11.4 Å². The molecule has 1 amide bonds. The zero-order valence-electron chi connectivity index (χ0n) is 14.4. The van der Waals surface area contributed by atoms with Crippen LogP contribution >= 0.6 is 22.9 Å². The molecule has 0 N–H and O–H groups in total.